The topological polar surface area (TPSA) is 47.3 Å². The van der Waals surface area contributed by atoms with Crippen molar-refractivity contribution in [1.82, 2.24) is 0 Å². The summed E-state index contributed by atoms with van der Waals surface area (Å²) < 4.78 is 25.3. The maximum absolute atomic E-state index is 12.4. The van der Waals surface area contributed by atoms with Gasteiger partial charge >= 0.3 is 0 Å². The van der Waals surface area contributed by atoms with Gasteiger partial charge in [0, 0.05) is 11.0 Å². The van der Waals surface area contributed by atoms with Gasteiger partial charge in [0.05, 0.1) is 30.5 Å². The van der Waals surface area contributed by atoms with Gasteiger partial charge in [-0.2, -0.15) is 5.26 Å². The summed E-state index contributed by atoms with van der Waals surface area (Å²) in [5.74, 6) is 0. The van der Waals surface area contributed by atoms with E-state index in [0.29, 0.717) is 15.7 Å². The van der Waals surface area contributed by atoms with E-state index in [0.717, 1.165) is 0 Å². The van der Waals surface area contributed by atoms with E-state index in [4.69, 9.17) is 10.4 Å². The molecule has 0 aliphatic heterocycles. The number of alkyl halides is 2. The molecule has 3 nitrogen and oxygen atoms in total. The molecule has 0 aliphatic carbocycles. The quantitative estimate of drug-likeness (QED) is 0.908. The summed E-state index contributed by atoms with van der Waals surface area (Å²) in [5.41, 5.74) is 0.986. The van der Waals surface area contributed by atoms with Crippen molar-refractivity contribution in [2.75, 3.05) is 24.6 Å². The number of benzene rings is 1. The Kier molecular flexibility index (Phi) is 5.32. The van der Waals surface area contributed by atoms with Crippen molar-refractivity contribution < 1.29 is 13.9 Å². The highest BCUT2D eigenvalue weighted by Crippen LogP contribution is 2.27. The normalized spacial score (nSPS) is 10.4. The summed E-state index contributed by atoms with van der Waals surface area (Å²) in [5, 5.41) is 17.5. The van der Waals surface area contributed by atoms with Gasteiger partial charge in [-0.05, 0) is 34.1 Å². The van der Waals surface area contributed by atoms with Gasteiger partial charge in [0.1, 0.15) is 0 Å². The summed E-state index contributed by atoms with van der Waals surface area (Å²) in [6.07, 6.45) is -2.48. The Morgan fingerprint density at radius 1 is 1.47 bits per heavy atom. The lowest BCUT2D eigenvalue weighted by molar-refractivity contribution is 0.152. The van der Waals surface area contributed by atoms with Crippen LogP contribution >= 0.6 is 15.9 Å². The van der Waals surface area contributed by atoms with Crippen LogP contribution in [0.3, 0.4) is 0 Å². The summed E-state index contributed by atoms with van der Waals surface area (Å²) in [7, 11) is 0. The predicted molar refractivity (Wildman–Crippen MR) is 64.2 cm³/mol. The van der Waals surface area contributed by atoms with Crippen molar-refractivity contribution in [3.8, 4) is 6.07 Å². The first-order valence-electron chi connectivity index (χ1n) is 4.92. The number of rotatable bonds is 5. The number of hydrogen-bond acceptors (Lipinski definition) is 3. The highest BCUT2D eigenvalue weighted by atomic mass is 79.9. The molecule has 0 heterocycles. The van der Waals surface area contributed by atoms with E-state index in [9.17, 15) is 8.78 Å². The molecule has 6 heteroatoms. The van der Waals surface area contributed by atoms with E-state index in [1.807, 2.05) is 6.07 Å². The van der Waals surface area contributed by atoms with E-state index in [-0.39, 0.29) is 13.2 Å². The summed E-state index contributed by atoms with van der Waals surface area (Å²) in [4.78, 5) is 1.37. The minimum atomic E-state index is -2.48. The molecule has 0 saturated carbocycles. The molecule has 0 radical (unpaired) electrons. The van der Waals surface area contributed by atoms with Crippen LogP contribution in [0.4, 0.5) is 14.5 Å². The molecule has 0 aliphatic rings. The average molecular weight is 305 g/mol. The van der Waals surface area contributed by atoms with Crippen LogP contribution in [0.25, 0.3) is 0 Å². The first kappa shape index (κ1) is 13.9. The van der Waals surface area contributed by atoms with E-state index >= 15 is 0 Å². The fourth-order valence-electron chi connectivity index (χ4n) is 1.43. The SMILES string of the molecule is N#Cc1ccc(N(CCO)CC(F)F)c(Br)c1. The van der Waals surface area contributed by atoms with Crippen LogP contribution in [0, 0.1) is 11.3 Å². The smallest absolute Gasteiger partial charge is 0.255 e. The van der Waals surface area contributed by atoms with Crippen LogP contribution in [-0.4, -0.2) is 31.2 Å². The fourth-order valence-corrected chi connectivity index (χ4v) is 2.06. The zero-order valence-corrected chi connectivity index (χ0v) is 10.5. The number of aliphatic hydroxyl groups excluding tert-OH is 1. The lowest BCUT2D eigenvalue weighted by Crippen LogP contribution is -2.31. The van der Waals surface area contributed by atoms with Crippen LogP contribution in [0.1, 0.15) is 5.56 Å². The molecule has 0 amide bonds. The number of nitrogens with zero attached hydrogens (tertiary/aromatic N) is 2. The van der Waals surface area contributed by atoms with Gasteiger partial charge in [0.2, 0.25) is 0 Å². The highest BCUT2D eigenvalue weighted by molar-refractivity contribution is 9.10. The standard InChI is InChI=1S/C11H11BrF2N2O/c12-9-5-8(6-15)1-2-10(9)16(3-4-17)7-11(13)14/h1-2,5,11,17H,3-4,7H2. The largest absolute Gasteiger partial charge is 0.395 e. The fraction of sp³-hybridized carbons (Fsp3) is 0.364. The van der Waals surface area contributed by atoms with Crippen molar-refractivity contribution >= 4 is 21.6 Å². The summed E-state index contributed by atoms with van der Waals surface area (Å²) in [6.45, 7) is -0.543. The third kappa shape index (κ3) is 3.95. The molecule has 17 heavy (non-hydrogen) atoms. The third-order valence-corrected chi connectivity index (χ3v) is 2.78. The van der Waals surface area contributed by atoms with Gasteiger partial charge in [-0.3, -0.25) is 0 Å². The molecular weight excluding hydrogens is 294 g/mol. The van der Waals surface area contributed by atoms with E-state index in [1.165, 1.54) is 4.90 Å². The van der Waals surface area contributed by atoms with Gasteiger partial charge in [-0.15, -0.1) is 0 Å². The molecule has 0 unspecified atom stereocenters. The molecule has 0 fully saturated rings. The second kappa shape index (κ2) is 6.52. The molecule has 0 bridgehead atoms. The second-order valence-electron chi connectivity index (χ2n) is 3.34. The van der Waals surface area contributed by atoms with E-state index < -0.39 is 13.0 Å². The van der Waals surface area contributed by atoms with Gasteiger partial charge in [-0.1, -0.05) is 0 Å². The molecule has 0 spiro atoms. The van der Waals surface area contributed by atoms with E-state index in [2.05, 4.69) is 15.9 Å². The Labute approximate surface area is 106 Å². The molecular formula is C11H11BrF2N2O. The number of hydrogen-bond donors (Lipinski definition) is 1. The van der Waals surface area contributed by atoms with Crippen molar-refractivity contribution in [2.24, 2.45) is 0 Å². The maximum Gasteiger partial charge on any atom is 0.255 e. The Morgan fingerprint density at radius 3 is 2.65 bits per heavy atom. The van der Waals surface area contributed by atoms with Gasteiger partial charge in [-0.25, -0.2) is 8.78 Å². The van der Waals surface area contributed by atoms with Crippen LogP contribution in [0.15, 0.2) is 22.7 Å². The zero-order valence-electron chi connectivity index (χ0n) is 8.91. The first-order chi connectivity index (χ1) is 8.08. The number of anilines is 1. The molecule has 1 aromatic carbocycles. The third-order valence-electron chi connectivity index (χ3n) is 2.15. The summed E-state index contributed by atoms with van der Waals surface area (Å²) >= 11 is 3.23. The van der Waals surface area contributed by atoms with Gasteiger partial charge in [0.25, 0.3) is 6.43 Å². The predicted octanol–water partition coefficient (Wildman–Crippen LogP) is 2.38. The monoisotopic (exact) mass is 304 g/mol. The molecule has 0 aromatic heterocycles. The maximum atomic E-state index is 12.4. The van der Waals surface area contributed by atoms with Gasteiger partial charge in [0.15, 0.2) is 0 Å². The zero-order chi connectivity index (χ0) is 12.8. The molecule has 1 aromatic rings. The van der Waals surface area contributed by atoms with Crippen molar-refractivity contribution in [1.29, 1.82) is 5.26 Å². The lowest BCUT2D eigenvalue weighted by Gasteiger charge is -2.24. The van der Waals surface area contributed by atoms with Crippen LogP contribution in [-0.2, 0) is 0 Å². The molecule has 1 rings (SSSR count). The minimum absolute atomic E-state index is 0.120. The van der Waals surface area contributed by atoms with Crippen LogP contribution in [0.2, 0.25) is 0 Å². The Morgan fingerprint density at radius 2 is 2.18 bits per heavy atom. The van der Waals surface area contributed by atoms with Crippen molar-refractivity contribution in [3.05, 3.63) is 28.2 Å². The summed E-state index contributed by atoms with van der Waals surface area (Å²) in [6, 6.07) is 6.66. The second-order valence-corrected chi connectivity index (χ2v) is 4.19. The molecule has 0 atom stereocenters. The number of nitriles is 1. The Hall–Kier alpha value is -1.19. The van der Waals surface area contributed by atoms with Crippen LogP contribution in [0.5, 0.6) is 0 Å². The Balaban J connectivity index is 2.98. The average Bonchev–Trinajstić information content (AvgIpc) is 2.27. The Bertz CT molecular complexity index is 420. The number of halogens is 3. The molecule has 1 N–H and O–H groups in total. The minimum Gasteiger partial charge on any atom is -0.395 e. The number of aliphatic hydroxyl groups is 1. The molecule has 0 saturated heterocycles. The van der Waals surface area contributed by atoms with Crippen molar-refractivity contribution in [2.45, 2.75) is 6.43 Å². The van der Waals surface area contributed by atoms with Crippen LogP contribution < -0.4 is 4.90 Å². The van der Waals surface area contributed by atoms with Crippen molar-refractivity contribution in [3.63, 3.8) is 0 Å². The lowest BCUT2D eigenvalue weighted by atomic mass is 10.2. The van der Waals surface area contributed by atoms with Gasteiger partial charge < -0.3 is 10.0 Å². The highest BCUT2D eigenvalue weighted by Gasteiger charge is 2.15. The molecule has 92 valence electrons. The first-order valence-corrected chi connectivity index (χ1v) is 5.71. The van der Waals surface area contributed by atoms with E-state index in [1.54, 1.807) is 18.2 Å².